The minimum absolute atomic E-state index is 0. The van der Waals surface area contributed by atoms with Crippen LogP contribution in [0.5, 0.6) is 0 Å². The Balaban J connectivity index is 0.00000225. The molecule has 1 saturated heterocycles. The molecule has 1 N–H and O–H groups in total. The normalized spacial score (nSPS) is 30.7. The number of unbranched alkanes of at least 4 members (excludes halogenated alkanes) is 1. The molecule has 4 atom stereocenters. The van der Waals surface area contributed by atoms with Gasteiger partial charge in [-0.05, 0) is 37.2 Å². The Morgan fingerprint density at radius 3 is 3.08 bits per heavy atom. The van der Waals surface area contributed by atoms with Crippen molar-refractivity contribution in [2.24, 2.45) is 22.7 Å². The van der Waals surface area contributed by atoms with Gasteiger partial charge in [0.05, 0.1) is 16.4 Å². The van der Waals surface area contributed by atoms with Crippen molar-refractivity contribution in [3.8, 4) is 0 Å². The molecule has 1 amide bonds. The predicted octanol–water partition coefficient (Wildman–Crippen LogP) is 4.78. The Kier molecular flexibility index (Phi) is 7.63. The second kappa shape index (κ2) is 9.27. The molecule has 1 fully saturated rings. The summed E-state index contributed by atoms with van der Waals surface area (Å²) in [5.41, 5.74) is 1.18. The summed E-state index contributed by atoms with van der Waals surface area (Å²) in [6.45, 7) is 5.30. The van der Waals surface area contributed by atoms with Crippen LogP contribution in [0.15, 0.2) is 28.9 Å². The first kappa shape index (κ1) is 20.6. The number of nitrogens with one attached hydrogen (secondary N) is 1. The highest BCUT2D eigenvalue weighted by atomic mass is 35.5. The Bertz CT molecular complexity index is 560. The first-order valence-electron chi connectivity index (χ1n) is 9.52. The molecule has 1 aliphatic carbocycles. The third kappa shape index (κ3) is 4.16. The van der Waals surface area contributed by atoms with Gasteiger partial charge in [-0.1, -0.05) is 45.3 Å². The third-order valence-electron chi connectivity index (χ3n) is 5.88. The van der Waals surface area contributed by atoms with Gasteiger partial charge in [0.25, 0.3) is 0 Å². The van der Waals surface area contributed by atoms with Gasteiger partial charge in [0.1, 0.15) is 0 Å². The third-order valence-corrected chi connectivity index (χ3v) is 7.60. The number of rotatable bonds is 7. The van der Waals surface area contributed by atoms with Crippen molar-refractivity contribution >= 4 is 36.3 Å². The molecule has 0 radical (unpaired) electrons. The zero-order valence-electron chi connectivity index (χ0n) is 15.4. The number of carbonyl (C=O) groups is 1. The standard InChI is InChI=1S/C20H30N2OS.ClH/c1-3-5-8-15(4-2)13-22-19(23)16-14-24-20-11-7-6-9-18(20)21-12-10-17(16)20;/h6-7,9,12,15-17H,3-5,8,10-11,13-14H2,1-2H3,(H,22,23);1H. The number of hydrogen-bond acceptors (Lipinski definition) is 3. The van der Waals surface area contributed by atoms with Gasteiger partial charge >= 0.3 is 0 Å². The fraction of sp³-hybridized carbons (Fsp3) is 0.700. The molecule has 0 bridgehead atoms. The van der Waals surface area contributed by atoms with Crippen molar-refractivity contribution < 1.29 is 4.79 Å². The van der Waals surface area contributed by atoms with Gasteiger partial charge in [-0.25, -0.2) is 0 Å². The summed E-state index contributed by atoms with van der Waals surface area (Å²) in [6.07, 6.45) is 15.3. The molecular formula is C20H31ClN2OS. The zero-order valence-corrected chi connectivity index (χ0v) is 17.0. The average molecular weight is 383 g/mol. The number of allylic oxidation sites excluding steroid dienone is 3. The second-order valence-corrected chi connectivity index (χ2v) is 8.66. The van der Waals surface area contributed by atoms with E-state index in [9.17, 15) is 4.79 Å². The van der Waals surface area contributed by atoms with Gasteiger partial charge in [-0.2, -0.15) is 0 Å². The van der Waals surface area contributed by atoms with Crippen LogP contribution in [-0.4, -0.2) is 29.2 Å². The Hall–Kier alpha value is -0.740. The van der Waals surface area contributed by atoms with Crippen molar-refractivity contribution in [3.63, 3.8) is 0 Å². The van der Waals surface area contributed by atoms with Crippen LogP contribution in [0.1, 0.15) is 52.4 Å². The Labute approximate surface area is 162 Å². The van der Waals surface area contributed by atoms with E-state index in [4.69, 9.17) is 0 Å². The molecule has 4 unspecified atom stereocenters. The van der Waals surface area contributed by atoms with E-state index in [-0.39, 0.29) is 29.0 Å². The smallest absolute Gasteiger partial charge is 0.224 e. The van der Waals surface area contributed by atoms with E-state index in [2.05, 4.69) is 42.4 Å². The molecule has 1 spiro atoms. The van der Waals surface area contributed by atoms with Crippen molar-refractivity contribution in [1.29, 1.82) is 0 Å². The van der Waals surface area contributed by atoms with Crippen LogP contribution in [0.2, 0.25) is 0 Å². The molecule has 140 valence electrons. The van der Waals surface area contributed by atoms with E-state index >= 15 is 0 Å². The van der Waals surface area contributed by atoms with Crippen LogP contribution in [0.3, 0.4) is 0 Å². The largest absolute Gasteiger partial charge is 0.356 e. The summed E-state index contributed by atoms with van der Waals surface area (Å²) < 4.78 is 0.0534. The van der Waals surface area contributed by atoms with Crippen molar-refractivity contribution in [2.45, 2.75) is 57.1 Å². The first-order chi connectivity index (χ1) is 11.7. The number of aliphatic imine (C=N–C) groups is 1. The zero-order chi connectivity index (χ0) is 17.0. The summed E-state index contributed by atoms with van der Waals surface area (Å²) in [5.74, 6) is 2.34. The molecule has 3 aliphatic rings. The first-order valence-corrected chi connectivity index (χ1v) is 10.5. The van der Waals surface area contributed by atoms with E-state index in [1.807, 2.05) is 18.0 Å². The van der Waals surface area contributed by atoms with E-state index < -0.39 is 0 Å². The van der Waals surface area contributed by atoms with E-state index in [1.165, 1.54) is 25.0 Å². The van der Waals surface area contributed by atoms with Crippen LogP contribution in [0.25, 0.3) is 0 Å². The topological polar surface area (TPSA) is 41.5 Å². The Morgan fingerprint density at radius 2 is 2.32 bits per heavy atom. The highest BCUT2D eigenvalue weighted by Crippen LogP contribution is 2.56. The van der Waals surface area contributed by atoms with E-state index in [0.29, 0.717) is 11.8 Å². The monoisotopic (exact) mass is 382 g/mol. The minimum atomic E-state index is 0. The van der Waals surface area contributed by atoms with Crippen LogP contribution in [0, 0.1) is 17.8 Å². The lowest BCUT2D eigenvalue weighted by molar-refractivity contribution is -0.126. The van der Waals surface area contributed by atoms with E-state index in [0.717, 1.165) is 31.6 Å². The fourth-order valence-corrected chi connectivity index (χ4v) is 6.08. The maximum absolute atomic E-state index is 12.9. The van der Waals surface area contributed by atoms with Crippen LogP contribution >= 0.6 is 24.2 Å². The average Bonchev–Trinajstić information content (AvgIpc) is 2.99. The van der Waals surface area contributed by atoms with Crippen LogP contribution in [-0.2, 0) is 4.79 Å². The number of nitrogens with zero attached hydrogens (tertiary/aromatic N) is 1. The van der Waals surface area contributed by atoms with Gasteiger partial charge in [-0.3, -0.25) is 9.79 Å². The maximum Gasteiger partial charge on any atom is 0.224 e. The summed E-state index contributed by atoms with van der Waals surface area (Å²) in [7, 11) is 0. The molecule has 0 saturated carbocycles. The molecule has 5 heteroatoms. The number of halogens is 1. The van der Waals surface area contributed by atoms with Gasteiger partial charge in [-0.15, -0.1) is 24.2 Å². The number of carbonyl (C=O) groups excluding carboxylic acids is 1. The number of amides is 1. The van der Waals surface area contributed by atoms with Crippen molar-refractivity contribution in [1.82, 2.24) is 5.32 Å². The second-order valence-electron chi connectivity index (χ2n) is 7.31. The molecule has 0 aromatic heterocycles. The molecule has 2 heterocycles. The van der Waals surface area contributed by atoms with Crippen LogP contribution < -0.4 is 5.32 Å². The molecular weight excluding hydrogens is 352 g/mol. The van der Waals surface area contributed by atoms with Crippen molar-refractivity contribution in [2.75, 3.05) is 12.3 Å². The molecule has 3 nitrogen and oxygen atoms in total. The lowest BCUT2D eigenvalue weighted by Crippen LogP contribution is -2.44. The lowest BCUT2D eigenvalue weighted by Gasteiger charge is -2.39. The summed E-state index contributed by atoms with van der Waals surface area (Å²) >= 11 is 1.95. The lowest BCUT2D eigenvalue weighted by atomic mass is 9.73. The quantitative estimate of drug-likeness (QED) is 0.688. The molecule has 0 aromatic carbocycles. The highest BCUT2D eigenvalue weighted by Gasteiger charge is 2.54. The number of hydrogen-bond donors (Lipinski definition) is 1. The molecule has 25 heavy (non-hydrogen) atoms. The van der Waals surface area contributed by atoms with Crippen LogP contribution in [0.4, 0.5) is 0 Å². The molecule has 0 aromatic rings. The predicted molar refractivity (Wildman–Crippen MR) is 111 cm³/mol. The van der Waals surface area contributed by atoms with E-state index in [1.54, 1.807) is 0 Å². The number of thioether (sulfide) groups is 1. The van der Waals surface area contributed by atoms with Gasteiger partial charge in [0, 0.05) is 18.5 Å². The minimum Gasteiger partial charge on any atom is -0.356 e. The molecule has 3 rings (SSSR count). The van der Waals surface area contributed by atoms with Gasteiger partial charge in [0.15, 0.2) is 0 Å². The Morgan fingerprint density at radius 1 is 1.48 bits per heavy atom. The van der Waals surface area contributed by atoms with Gasteiger partial charge in [0.2, 0.25) is 5.91 Å². The summed E-state index contributed by atoms with van der Waals surface area (Å²) in [4.78, 5) is 17.5. The fourth-order valence-electron chi connectivity index (χ4n) is 4.26. The highest BCUT2D eigenvalue weighted by molar-refractivity contribution is 8.01. The summed E-state index contributed by atoms with van der Waals surface area (Å²) in [6, 6.07) is 0. The summed E-state index contributed by atoms with van der Waals surface area (Å²) in [5, 5.41) is 3.28. The van der Waals surface area contributed by atoms with Gasteiger partial charge < -0.3 is 5.32 Å². The SMILES string of the molecule is CCCCC(CC)CNC(=O)C1CSC23CC=CC=C2N=CCC13.Cl. The van der Waals surface area contributed by atoms with Crippen molar-refractivity contribution in [3.05, 3.63) is 23.9 Å². The maximum atomic E-state index is 12.9. The molecule has 2 aliphatic heterocycles.